The van der Waals surface area contributed by atoms with E-state index in [9.17, 15) is 9.90 Å². The highest BCUT2D eigenvalue weighted by Crippen LogP contribution is 2.17. The van der Waals surface area contributed by atoms with Crippen molar-refractivity contribution in [2.24, 2.45) is 5.73 Å². The Morgan fingerprint density at radius 2 is 2.29 bits per heavy atom. The zero-order chi connectivity index (χ0) is 10.4. The molecule has 72 valence electrons. The summed E-state index contributed by atoms with van der Waals surface area (Å²) in [5.74, 6) is 5.55. The molecule has 1 rings (SSSR count). The average molecular weight is 189 g/mol. The number of phenols is 1. The monoisotopic (exact) mass is 189 g/mol. The molecule has 0 saturated carbocycles. The zero-order valence-corrected chi connectivity index (χ0v) is 7.66. The third kappa shape index (κ3) is 2.35. The van der Waals surface area contributed by atoms with Gasteiger partial charge in [-0.15, -0.1) is 0 Å². The molecule has 0 aliphatic heterocycles. The minimum atomic E-state index is -0.0421. The van der Waals surface area contributed by atoms with E-state index in [1.807, 2.05) is 0 Å². The van der Waals surface area contributed by atoms with Gasteiger partial charge < -0.3 is 10.8 Å². The van der Waals surface area contributed by atoms with Gasteiger partial charge in [0.05, 0.1) is 5.56 Å². The van der Waals surface area contributed by atoms with Crippen LogP contribution in [0.25, 0.3) is 0 Å². The first-order chi connectivity index (χ1) is 6.79. The van der Waals surface area contributed by atoms with Gasteiger partial charge in [-0.2, -0.15) is 0 Å². The van der Waals surface area contributed by atoms with Crippen LogP contribution in [0.5, 0.6) is 5.75 Å². The van der Waals surface area contributed by atoms with Crippen LogP contribution in [0.2, 0.25) is 0 Å². The molecule has 0 atom stereocenters. The van der Waals surface area contributed by atoms with Crippen molar-refractivity contribution in [3.63, 3.8) is 0 Å². The van der Waals surface area contributed by atoms with E-state index in [4.69, 9.17) is 5.73 Å². The maximum absolute atomic E-state index is 10.6. The van der Waals surface area contributed by atoms with E-state index in [1.54, 1.807) is 12.1 Å². The fourth-order valence-corrected chi connectivity index (χ4v) is 1.02. The first-order valence-electron chi connectivity index (χ1n) is 4.25. The summed E-state index contributed by atoms with van der Waals surface area (Å²) in [4.78, 5) is 10.6. The van der Waals surface area contributed by atoms with Crippen molar-refractivity contribution in [1.82, 2.24) is 0 Å². The largest absolute Gasteiger partial charge is 0.507 e. The summed E-state index contributed by atoms with van der Waals surface area (Å²) in [5, 5.41) is 9.32. The van der Waals surface area contributed by atoms with Gasteiger partial charge in [0, 0.05) is 18.5 Å². The highest BCUT2D eigenvalue weighted by atomic mass is 16.3. The maximum atomic E-state index is 10.6. The van der Waals surface area contributed by atoms with Crippen LogP contribution >= 0.6 is 0 Å². The molecule has 0 radical (unpaired) electrons. The topological polar surface area (TPSA) is 63.3 Å². The highest BCUT2D eigenvalue weighted by molar-refractivity contribution is 5.83. The molecule has 0 heterocycles. The van der Waals surface area contributed by atoms with Gasteiger partial charge in [-0.25, -0.2) is 0 Å². The maximum Gasteiger partial charge on any atom is 0.155 e. The van der Waals surface area contributed by atoms with Crippen LogP contribution in [0.1, 0.15) is 22.3 Å². The van der Waals surface area contributed by atoms with Gasteiger partial charge in [0.15, 0.2) is 6.29 Å². The van der Waals surface area contributed by atoms with Gasteiger partial charge in [-0.1, -0.05) is 17.9 Å². The Hall–Kier alpha value is -1.79. The normalized spacial score (nSPS) is 8.93. The fraction of sp³-hybridized carbons (Fsp3) is 0.182. The number of aromatic hydroxyl groups is 1. The summed E-state index contributed by atoms with van der Waals surface area (Å²) in [6.45, 7) is 0.488. The number of carbonyl (C=O) groups is 1. The minimum absolute atomic E-state index is 0.0421. The Balaban J connectivity index is 3.04. The van der Waals surface area contributed by atoms with Crippen LogP contribution in [-0.2, 0) is 0 Å². The minimum Gasteiger partial charge on any atom is -0.507 e. The van der Waals surface area contributed by atoms with Crippen LogP contribution in [0.4, 0.5) is 0 Å². The lowest BCUT2D eigenvalue weighted by Gasteiger charge is -1.98. The molecule has 0 aliphatic carbocycles. The van der Waals surface area contributed by atoms with Crippen molar-refractivity contribution in [3.8, 4) is 17.6 Å². The summed E-state index contributed by atoms with van der Waals surface area (Å²) < 4.78 is 0. The second-order valence-electron chi connectivity index (χ2n) is 2.70. The molecule has 0 aromatic heterocycles. The standard InChI is InChI=1S/C11H11NO2/c12-7-2-1-4-9-5-3-6-11(14)10(9)8-13/h3,5-6,8,14H,2,7,12H2. The van der Waals surface area contributed by atoms with Crippen LogP contribution in [0.15, 0.2) is 18.2 Å². The number of rotatable bonds is 2. The second kappa shape index (κ2) is 5.05. The predicted octanol–water partition coefficient (Wildman–Crippen LogP) is 0.905. The molecule has 3 N–H and O–H groups in total. The molecule has 3 heteroatoms. The predicted molar refractivity (Wildman–Crippen MR) is 54.0 cm³/mol. The number of nitrogens with two attached hydrogens (primary N) is 1. The van der Waals surface area contributed by atoms with Crippen molar-refractivity contribution in [3.05, 3.63) is 29.3 Å². The Labute approximate surface area is 82.6 Å². The second-order valence-corrected chi connectivity index (χ2v) is 2.70. The molecule has 1 aromatic rings. The van der Waals surface area contributed by atoms with Gasteiger partial charge in [-0.05, 0) is 12.1 Å². The Morgan fingerprint density at radius 1 is 1.50 bits per heavy atom. The van der Waals surface area contributed by atoms with E-state index >= 15 is 0 Å². The number of phenolic OH excluding ortho intramolecular Hbond substituents is 1. The quantitative estimate of drug-likeness (QED) is 0.536. The molecule has 14 heavy (non-hydrogen) atoms. The smallest absolute Gasteiger partial charge is 0.155 e. The van der Waals surface area contributed by atoms with E-state index in [0.29, 0.717) is 24.8 Å². The molecular formula is C11H11NO2. The molecule has 3 nitrogen and oxygen atoms in total. The average Bonchev–Trinajstić information content (AvgIpc) is 2.18. The van der Waals surface area contributed by atoms with Crippen molar-refractivity contribution in [2.45, 2.75) is 6.42 Å². The Bertz CT molecular complexity index is 388. The highest BCUT2D eigenvalue weighted by Gasteiger charge is 2.03. The van der Waals surface area contributed by atoms with Crippen molar-refractivity contribution >= 4 is 6.29 Å². The molecule has 0 aliphatic rings. The molecule has 0 saturated heterocycles. The lowest BCUT2D eigenvalue weighted by Crippen LogP contribution is -1.95. The Morgan fingerprint density at radius 3 is 2.93 bits per heavy atom. The summed E-state index contributed by atoms with van der Waals surface area (Å²) in [6, 6.07) is 4.79. The first kappa shape index (κ1) is 10.3. The van der Waals surface area contributed by atoms with Crippen LogP contribution in [0.3, 0.4) is 0 Å². The number of hydrogen-bond donors (Lipinski definition) is 2. The van der Waals surface area contributed by atoms with Crippen LogP contribution in [0, 0.1) is 11.8 Å². The third-order valence-corrected chi connectivity index (χ3v) is 1.69. The van der Waals surface area contributed by atoms with E-state index in [0.717, 1.165) is 0 Å². The number of benzene rings is 1. The van der Waals surface area contributed by atoms with Gasteiger partial charge in [0.2, 0.25) is 0 Å². The van der Waals surface area contributed by atoms with E-state index < -0.39 is 0 Å². The Kier molecular flexibility index (Phi) is 3.71. The van der Waals surface area contributed by atoms with Gasteiger partial charge in [0.1, 0.15) is 5.75 Å². The SMILES string of the molecule is NCCC#Cc1cccc(O)c1C=O. The zero-order valence-electron chi connectivity index (χ0n) is 7.66. The van der Waals surface area contributed by atoms with Crippen LogP contribution in [-0.4, -0.2) is 17.9 Å². The summed E-state index contributed by atoms with van der Waals surface area (Å²) in [7, 11) is 0. The molecule has 0 fully saturated rings. The van der Waals surface area contributed by atoms with Gasteiger partial charge in [0.25, 0.3) is 0 Å². The molecule has 0 amide bonds. The molecular weight excluding hydrogens is 178 g/mol. The summed E-state index contributed by atoms with van der Waals surface area (Å²) in [5.41, 5.74) is 6.04. The van der Waals surface area contributed by atoms with Crippen molar-refractivity contribution < 1.29 is 9.90 Å². The first-order valence-corrected chi connectivity index (χ1v) is 4.25. The molecule has 1 aromatic carbocycles. The number of hydrogen-bond acceptors (Lipinski definition) is 3. The number of aldehydes is 1. The summed E-state index contributed by atoms with van der Waals surface area (Å²) in [6.07, 6.45) is 1.18. The lowest BCUT2D eigenvalue weighted by molar-refractivity contribution is 0.112. The molecule has 0 bridgehead atoms. The van der Waals surface area contributed by atoms with Gasteiger partial charge >= 0.3 is 0 Å². The third-order valence-electron chi connectivity index (χ3n) is 1.69. The van der Waals surface area contributed by atoms with Crippen molar-refractivity contribution in [1.29, 1.82) is 0 Å². The summed E-state index contributed by atoms with van der Waals surface area (Å²) >= 11 is 0. The van der Waals surface area contributed by atoms with Crippen molar-refractivity contribution in [2.75, 3.05) is 6.54 Å². The van der Waals surface area contributed by atoms with E-state index in [2.05, 4.69) is 11.8 Å². The van der Waals surface area contributed by atoms with E-state index in [1.165, 1.54) is 6.07 Å². The van der Waals surface area contributed by atoms with E-state index in [-0.39, 0.29) is 11.3 Å². The molecule has 0 spiro atoms. The molecule has 0 unspecified atom stereocenters. The van der Waals surface area contributed by atoms with Gasteiger partial charge in [-0.3, -0.25) is 4.79 Å². The van der Waals surface area contributed by atoms with Crippen LogP contribution < -0.4 is 5.73 Å². The lowest BCUT2D eigenvalue weighted by atomic mass is 10.1. The number of carbonyl (C=O) groups excluding carboxylic acids is 1. The fourth-order valence-electron chi connectivity index (χ4n) is 1.02.